The summed E-state index contributed by atoms with van der Waals surface area (Å²) in [6, 6.07) is 10.3. The Morgan fingerprint density at radius 3 is 2.50 bits per heavy atom. The minimum atomic E-state index is -0.228. The maximum Gasteiger partial charge on any atom is 0.270 e. The fourth-order valence-corrected chi connectivity index (χ4v) is 3.80. The number of rotatable bonds is 2. The first-order valence-corrected chi connectivity index (χ1v) is 8.46. The van der Waals surface area contributed by atoms with Crippen LogP contribution >= 0.6 is 24.0 Å². The zero-order valence-corrected chi connectivity index (χ0v) is 14.7. The molecular weight excluding hydrogens is 342 g/mol. The Hall–Kier alpha value is -2.31. The Kier molecular flexibility index (Phi) is 4.34. The van der Waals surface area contributed by atoms with Gasteiger partial charge in [-0.3, -0.25) is 9.69 Å². The van der Waals surface area contributed by atoms with E-state index >= 15 is 0 Å². The Bertz CT molecular complexity index is 890. The van der Waals surface area contributed by atoms with Gasteiger partial charge in [-0.25, -0.2) is 0 Å². The van der Waals surface area contributed by atoms with Crippen molar-refractivity contribution in [3.8, 4) is 11.5 Å². The van der Waals surface area contributed by atoms with Gasteiger partial charge in [0.15, 0.2) is 15.8 Å². The van der Waals surface area contributed by atoms with Gasteiger partial charge in [0.05, 0.1) is 10.6 Å². The minimum Gasteiger partial charge on any atom is -0.504 e. The molecule has 0 atom stereocenters. The van der Waals surface area contributed by atoms with Gasteiger partial charge < -0.3 is 10.2 Å². The first-order valence-electron chi connectivity index (χ1n) is 7.24. The van der Waals surface area contributed by atoms with Gasteiger partial charge in [0, 0.05) is 0 Å². The minimum absolute atomic E-state index is 0.190. The number of aryl methyl sites for hydroxylation is 2. The van der Waals surface area contributed by atoms with Crippen LogP contribution in [0.2, 0.25) is 0 Å². The highest BCUT2D eigenvalue weighted by atomic mass is 32.2. The maximum atomic E-state index is 12.7. The molecule has 1 aliphatic heterocycles. The second kappa shape index (κ2) is 6.30. The van der Waals surface area contributed by atoms with Crippen LogP contribution in [0.3, 0.4) is 0 Å². The lowest BCUT2D eigenvalue weighted by Gasteiger charge is -2.17. The van der Waals surface area contributed by atoms with E-state index in [1.165, 1.54) is 28.8 Å². The number of aromatic hydroxyl groups is 2. The van der Waals surface area contributed by atoms with Crippen molar-refractivity contribution in [2.24, 2.45) is 0 Å². The zero-order chi connectivity index (χ0) is 17.4. The van der Waals surface area contributed by atoms with Crippen LogP contribution in [0.1, 0.15) is 16.7 Å². The molecule has 0 radical (unpaired) electrons. The summed E-state index contributed by atoms with van der Waals surface area (Å²) < 4.78 is 0.473. The topological polar surface area (TPSA) is 60.8 Å². The molecule has 0 aromatic heterocycles. The second-order valence-corrected chi connectivity index (χ2v) is 7.23. The molecule has 24 heavy (non-hydrogen) atoms. The Labute approximate surface area is 149 Å². The van der Waals surface area contributed by atoms with Gasteiger partial charge >= 0.3 is 0 Å². The van der Waals surface area contributed by atoms with Crippen LogP contribution in [0, 0.1) is 13.8 Å². The molecule has 1 saturated heterocycles. The molecule has 0 unspecified atom stereocenters. The van der Waals surface area contributed by atoms with Crippen molar-refractivity contribution in [3.05, 3.63) is 58.0 Å². The van der Waals surface area contributed by atoms with E-state index in [2.05, 4.69) is 0 Å². The highest BCUT2D eigenvalue weighted by Gasteiger charge is 2.34. The smallest absolute Gasteiger partial charge is 0.270 e. The Balaban J connectivity index is 1.96. The van der Waals surface area contributed by atoms with E-state index in [4.69, 9.17) is 12.2 Å². The molecule has 2 aromatic rings. The van der Waals surface area contributed by atoms with E-state index in [0.29, 0.717) is 14.8 Å². The van der Waals surface area contributed by atoms with E-state index < -0.39 is 0 Å². The predicted molar refractivity (Wildman–Crippen MR) is 101 cm³/mol. The van der Waals surface area contributed by atoms with Crippen LogP contribution in [0.4, 0.5) is 5.69 Å². The van der Waals surface area contributed by atoms with Crippen LogP contribution in [0.15, 0.2) is 41.3 Å². The van der Waals surface area contributed by atoms with Gasteiger partial charge in [-0.1, -0.05) is 47.7 Å². The summed E-state index contributed by atoms with van der Waals surface area (Å²) in [5, 5.41) is 18.9. The molecule has 122 valence electrons. The zero-order valence-electron chi connectivity index (χ0n) is 13.1. The third kappa shape index (κ3) is 3.02. The summed E-state index contributed by atoms with van der Waals surface area (Å²) in [5.41, 5.74) is 3.50. The monoisotopic (exact) mass is 357 g/mol. The molecule has 0 aliphatic carbocycles. The average Bonchev–Trinajstić information content (AvgIpc) is 2.78. The second-order valence-electron chi connectivity index (χ2n) is 5.56. The van der Waals surface area contributed by atoms with Crippen LogP contribution in [-0.2, 0) is 4.79 Å². The lowest BCUT2D eigenvalue weighted by Crippen LogP contribution is -2.28. The van der Waals surface area contributed by atoms with Crippen molar-refractivity contribution in [2.45, 2.75) is 13.8 Å². The summed E-state index contributed by atoms with van der Waals surface area (Å²) in [6.07, 6.45) is 1.65. The van der Waals surface area contributed by atoms with Gasteiger partial charge in [-0.15, -0.1) is 0 Å². The number of thioether (sulfide) groups is 1. The molecule has 1 fully saturated rings. The highest BCUT2D eigenvalue weighted by molar-refractivity contribution is 8.27. The van der Waals surface area contributed by atoms with Crippen molar-refractivity contribution in [1.82, 2.24) is 0 Å². The molecule has 2 aromatic carbocycles. The fraction of sp³-hybridized carbons (Fsp3) is 0.111. The lowest BCUT2D eigenvalue weighted by molar-refractivity contribution is -0.113. The van der Waals surface area contributed by atoms with Crippen LogP contribution in [0.25, 0.3) is 6.08 Å². The van der Waals surface area contributed by atoms with E-state index in [0.717, 1.165) is 16.8 Å². The fourth-order valence-electron chi connectivity index (χ4n) is 2.51. The number of benzene rings is 2. The SMILES string of the molecule is Cc1ccc(N2C(=O)/C(=C\c3ccc(O)c(O)c3)SC2=S)c(C)c1. The quantitative estimate of drug-likeness (QED) is 0.481. The van der Waals surface area contributed by atoms with E-state index in [9.17, 15) is 15.0 Å². The van der Waals surface area contributed by atoms with Crippen LogP contribution < -0.4 is 4.90 Å². The molecule has 1 aliphatic rings. The van der Waals surface area contributed by atoms with E-state index in [-0.39, 0.29) is 17.4 Å². The molecule has 3 rings (SSSR count). The van der Waals surface area contributed by atoms with Crippen molar-refractivity contribution in [2.75, 3.05) is 4.90 Å². The number of nitrogens with zero attached hydrogens (tertiary/aromatic N) is 1. The summed E-state index contributed by atoms with van der Waals surface area (Å²) in [7, 11) is 0. The number of carbonyl (C=O) groups is 1. The standard InChI is InChI=1S/C18H15NO3S2/c1-10-3-5-13(11(2)7-10)19-17(22)16(24-18(19)23)9-12-4-6-14(20)15(21)8-12/h3-9,20-21H,1-2H3/b16-9+. The number of thiocarbonyl (C=S) groups is 1. The summed E-state index contributed by atoms with van der Waals surface area (Å²) in [4.78, 5) is 14.8. The van der Waals surface area contributed by atoms with Gasteiger partial charge in [-0.2, -0.15) is 0 Å². The molecule has 4 nitrogen and oxygen atoms in total. The largest absolute Gasteiger partial charge is 0.504 e. The van der Waals surface area contributed by atoms with Crippen molar-refractivity contribution < 1.29 is 15.0 Å². The van der Waals surface area contributed by atoms with Crippen LogP contribution in [-0.4, -0.2) is 20.4 Å². The summed E-state index contributed by atoms with van der Waals surface area (Å²) in [6.45, 7) is 3.95. The van der Waals surface area contributed by atoms with Gasteiger partial charge in [0.25, 0.3) is 5.91 Å². The van der Waals surface area contributed by atoms with Crippen molar-refractivity contribution in [1.29, 1.82) is 0 Å². The number of hydrogen-bond donors (Lipinski definition) is 2. The van der Waals surface area contributed by atoms with Gasteiger partial charge in [0.2, 0.25) is 0 Å². The Morgan fingerprint density at radius 2 is 1.83 bits per heavy atom. The molecule has 6 heteroatoms. The van der Waals surface area contributed by atoms with Gasteiger partial charge in [0.1, 0.15) is 0 Å². The van der Waals surface area contributed by atoms with Crippen molar-refractivity contribution in [3.63, 3.8) is 0 Å². The number of hydrogen-bond acceptors (Lipinski definition) is 5. The molecular formula is C18H15NO3S2. The number of phenolic OH excluding ortho intramolecular Hbond substituents is 2. The summed E-state index contributed by atoms with van der Waals surface area (Å²) in [5.74, 6) is -0.617. The molecule has 2 N–H and O–H groups in total. The molecule has 0 spiro atoms. The first-order chi connectivity index (χ1) is 11.4. The summed E-state index contributed by atoms with van der Waals surface area (Å²) >= 11 is 6.59. The van der Waals surface area contributed by atoms with Gasteiger partial charge in [-0.05, 0) is 49.2 Å². The van der Waals surface area contributed by atoms with Crippen LogP contribution in [0.5, 0.6) is 11.5 Å². The molecule has 1 amide bonds. The number of anilines is 1. The van der Waals surface area contributed by atoms with E-state index in [1.807, 2.05) is 32.0 Å². The number of carbonyl (C=O) groups excluding carboxylic acids is 1. The molecule has 0 saturated carbocycles. The predicted octanol–water partition coefficient (Wildman–Crippen LogP) is 4.12. The number of amides is 1. The molecule has 1 heterocycles. The van der Waals surface area contributed by atoms with Crippen molar-refractivity contribution >= 4 is 46.0 Å². The highest BCUT2D eigenvalue weighted by Crippen LogP contribution is 2.38. The van der Waals surface area contributed by atoms with E-state index in [1.54, 1.807) is 12.1 Å². The number of phenols is 2. The maximum absolute atomic E-state index is 12.7. The molecule has 0 bridgehead atoms. The average molecular weight is 357 g/mol. The normalized spacial score (nSPS) is 16.2. The third-order valence-electron chi connectivity index (χ3n) is 3.68. The third-order valence-corrected chi connectivity index (χ3v) is 4.99. The Morgan fingerprint density at radius 1 is 1.08 bits per heavy atom. The first kappa shape index (κ1) is 16.5. The lowest BCUT2D eigenvalue weighted by atomic mass is 10.1.